The molecular formula is C13H19N3O4S. The molecule has 1 heterocycles. The summed E-state index contributed by atoms with van der Waals surface area (Å²) in [5, 5.41) is 10.7. The number of nitro groups is 1. The van der Waals surface area contributed by atoms with Crippen molar-refractivity contribution in [3.63, 3.8) is 0 Å². The van der Waals surface area contributed by atoms with Gasteiger partial charge in [-0.1, -0.05) is 6.42 Å². The fourth-order valence-corrected chi connectivity index (χ4v) is 4.85. The second kappa shape index (κ2) is 5.61. The van der Waals surface area contributed by atoms with Gasteiger partial charge < -0.3 is 5.73 Å². The standard InChI is InChI=1S/C13H19N3O4S/c1-9-4-3-5-10(2)15(9)21(19,20)13-7-6-11(16(17)18)8-12(13)14/h6-10H,3-5,14H2,1-2H3. The van der Waals surface area contributed by atoms with Gasteiger partial charge in [-0.05, 0) is 32.8 Å². The van der Waals surface area contributed by atoms with Crippen molar-refractivity contribution in [1.29, 1.82) is 0 Å². The number of hydrogen-bond acceptors (Lipinski definition) is 5. The predicted octanol–water partition coefficient (Wildman–Crippen LogP) is 2.13. The van der Waals surface area contributed by atoms with E-state index in [0.29, 0.717) is 0 Å². The summed E-state index contributed by atoms with van der Waals surface area (Å²) in [5.41, 5.74) is 5.43. The minimum atomic E-state index is -3.75. The molecule has 0 amide bonds. The van der Waals surface area contributed by atoms with E-state index >= 15 is 0 Å². The lowest BCUT2D eigenvalue weighted by Gasteiger charge is -2.37. The van der Waals surface area contributed by atoms with Gasteiger partial charge in [0.2, 0.25) is 10.0 Å². The Bertz CT molecular complexity index is 649. The highest BCUT2D eigenvalue weighted by atomic mass is 32.2. The summed E-state index contributed by atoms with van der Waals surface area (Å²) in [5.74, 6) is 0. The Kier molecular flexibility index (Phi) is 4.20. The molecule has 1 saturated heterocycles. The minimum absolute atomic E-state index is 0.0614. The van der Waals surface area contributed by atoms with E-state index < -0.39 is 14.9 Å². The fourth-order valence-electron chi connectivity index (χ4n) is 2.87. The van der Waals surface area contributed by atoms with Crippen LogP contribution in [0, 0.1) is 10.1 Å². The number of nitrogens with two attached hydrogens (primary N) is 1. The average molecular weight is 313 g/mol. The van der Waals surface area contributed by atoms with E-state index in [1.165, 1.54) is 16.4 Å². The second-order valence-electron chi connectivity index (χ2n) is 5.44. The molecule has 7 nitrogen and oxygen atoms in total. The summed E-state index contributed by atoms with van der Waals surface area (Å²) in [6.45, 7) is 3.74. The summed E-state index contributed by atoms with van der Waals surface area (Å²) < 4.78 is 27.0. The largest absolute Gasteiger partial charge is 0.397 e. The van der Waals surface area contributed by atoms with Crippen molar-refractivity contribution in [3.8, 4) is 0 Å². The Hall–Kier alpha value is -1.67. The van der Waals surface area contributed by atoms with E-state index in [0.717, 1.165) is 25.3 Å². The number of non-ortho nitro benzene ring substituents is 1. The van der Waals surface area contributed by atoms with Gasteiger partial charge in [0.1, 0.15) is 4.90 Å². The lowest BCUT2D eigenvalue weighted by atomic mass is 10.0. The van der Waals surface area contributed by atoms with Crippen LogP contribution in [0.2, 0.25) is 0 Å². The fraction of sp³-hybridized carbons (Fsp3) is 0.538. The molecule has 2 unspecified atom stereocenters. The molecule has 8 heteroatoms. The Balaban J connectivity index is 2.46. The number of nitro benzene ring substituents is 1. The highest BCUT2D eigenvalue weighted by molar-refractivity contribution is 7.89. The maximum Gasteiger partial charge on any atom is 0.271 e. The first-order valence-corrected chi connectivity index (χ1v) is 8.26. The molecule has 2 N–H and O–H groups in total. The highest BCUT2D eigenvalue weighted by Crippen LogP contribution is 2.33. The van der Waals surface area contributed by atoms with E-state index in [4.69, 9.17) is 5.73 Å². The molecule has 21 heavy (non-hydrogen) atoms. The van der Waals surface area contributed by atoms with E-state index in [-0.39, 0.29) is 28.4 Å². The summed E-state index contributed by atoms with van der Waals surface area (Å²) in [7, 11) is -3.75. The lowest BCUT2D eigenvalue weighted by Crippen LogP contribution is -2.47. The summed E-state index contributed by atoms with van der Waals surface area (Å²) >= 11 is 0. The molecule has 116 valence electrons. The molecular weight excluding hydrogens is 294 g/mol. The molecule has 0 aliphatic carbocycles. The Morgan fingerprint density at radius 3 is 2.33 bits per heavy atom. The number of sulfonamides is 1. The lowest BCUT2D eigenvalue weighted by molar-refractivity contribution is -0.384. The van der Waals surface area contributed by atoms with E-state index in [1.54, 1.807) is 0 Å². The van der Waals surface area contributed by atoms with Crippen LogP contribution in [0.5, 0.6) is 0 Å². The number of nitrogen functional groups attached to an aromatic ring is 1. The molecule has 1 fully saturated rings. The van der Waals surface area contributed by atoms with Gasteiger partial charge in [-0.25, -0.2) is 8.42 Å². The molecule has 0 aromatic heterocycles. The normalized spacial score (nSPS) is 23.9. The summed E-state index contributed by atoms with van der Waals surface area (Å²) in [6.07, 6.45) is 2.59. The molecule has 1 aliphatic heterocycles. The van der Waals surface area contributed by atoms with Crippen molar-refractivity contribution in [1.82, 2.24) is 4.31 Å². The molecule has 2 rings (SSSR count). The van der Waals surface area contributed by atoms with Gasteiger partial charge in [-0.3, -0.25) is 10.1 Å². The van der Waals surface area contributed by atoms with E-state index in [1.807, 2.05) is 13.8 Å². The van der Waals surface area contributed by atoms with Crippen LogP contribution >= 0.6 is 0 Å². The third kappa shape index (κ3) is 2.86. The third-order valence-corrected chi connectivity index (χ3v) is 6.07. The van der Waals surface area contributed by atoms with Crippen LogP contribution in [0.4, 0.5) is 11.4 Å². The van der Waals surface area contributed by atoms with Crippen molar-refractivity contribution in [2.75, 3.05) is 5.73 Å². The molecule has 1 aliphatic rings. The zero-order chi connectivity index (χ0) is 15.8. The SMILES string of the molecule is CC1CCCC(C)N1S(=O)(=O)c1ccc([N+](=O)[O-])cc1N. The molecule has 0 radical (unpaired) electrons. The van der Waals surface area contributed by atoms with Crippen LogP contribution in [0.3, 0.4) is 0 Å². The number of nitrogens with zero attached hydrogens (tertiary/aromatic N) is 2. The van der Waals surface area contributed by atoms with Crippen LogP contribution in [-0.2, 0) is 10.0 Å². The molecule has 0 bridgehead atoms. The first kappa shape index (κ1) is 15.7. The second-order valence-corrected chi connectivity index (χ2v) is 7.25. The summed E-state index contributed by atoms with van der Waals surface area (Å²) in [6, 6.07) is 3.27. The van der Waals surface area contributed by atoms with Gasteiger partial charge in [-0.15, -0.1) is 0 Å². The Morgan fingerprint density at radius 2 is 1.86 bits per heavy atom. The van der Waals surface area contributed by atoms with Crippen LogP contribution in [0.15, 0.2) is 23.1 Å². The quantitative estimate of drug-likeness (QED) is 0.522. The van der Waals surface area contributed by atoms with Crippen molar-refractivity contribution in [2.45, 2.75) is 50.1 Å². The van der Waals surface area contributed by atoms with Gasteiger partial charge in [-0.2, -0.15) is 4.31 Å². The number of rotatable bonds is 3. The topological polar surface area (TPSA) is 107 Å². The van der Waals surface area contributed by atoms with Crippen molar-refractivity contribution in [3.05, 3.63) is 28.3 Å². The first-order chi connectivity index (χ1) is 9.75. The third-order valence-electron chi connectivity index (χ3n) is 3.87. The van der Waals surface area contributed by atoms with Crippen LogP contribution in [0.25, 0.3) is 0 Å². The number of anilines is 1. The van der Waals surface area contributed by atoms with Crippen LogP contribution < -0.4 is 5.73 Å². The summed E-state index contributed by atoms with van der Waals surface area (Å²) in [4.78, 5) is 10.1. The van der Waals surface area contributed by atoms with Gasteiger partial charge in [0.25, 0.3) is 5.69 Å². The number of benzene rings is 1. The monoisotopic (exact) mass is 313 g/mol. The average Bonchev–Trinajstić information content (AvgIpc) is 2.37. The molecule has 1 aromatic carbocycles. The molecule has 0 saturated carbocycles. The van der Waals surface area contributed by atoms with Crippen molar-refractivity contribution in [2.24, 2.45) is 0 Å². The van der Waals surface area contributed by atoms with Gasteiger partial charge >= 0.3 is 0 Å². The highest BCUT2D eigenvalue weighted by Gasteiger charge is 2.36. The van der Waals surface area contributed by atoms with Crippen LogP contribution in [-0.4, -0.2) is 29.7 Å². The van der Waals surface area contributed by atoms with Gasteiger partial charge in [0.05, 0.1) is 10.6 Å². The number of piperidine rings is 1. The zero-order valence-corrected chi connectivity index (χ0v) is 12.8. The Labute approximate surface area is 123 Å². The van der Waals surface area contributed by atoms with Crippen molar-refractivity contribution >= 4 is 21.4 Å². The maximum atomic E-state index is 12.8. The number of hydrogen-bond donors (Lipinski definition) is 1. The minimum Gasteiger partial charge on any atom is -0.397 e. The van der Waals surface area contributed by atoms with E-state index in [9.17, 15) is 18.5 Å². The Morgan fingerprint density at radius 1 is 1.29 bits per heavy atom. The van der Waals surface area contributed by atoms with Gasteiger partial charge in [0.15, 0.2) is 0 Å². The van der Waals surface area contributed by atoms with Crippen LogP contribution in [0.1, 0.15) is 33.1 Å². The van der Waals surface area contributed by atoms with Crippen molar-refractivity contribution < 1.29 is 13.3 Å². The van der Waals surface area contributed by atoms with E-state index in [2.05, 4.69) is 0 Å². The maximum absolute atomic E-state index is 12.8. The first-order valence-electron chi connectivity index (χ1n) is 6.82. The molecule has 1 aromatic rings. The van der Waals surface area contributed by atoms with Gasteiger partial charge in [0, 0.05) is 24.2 Å². The smallest absolute Gasteiger partial charge is 0.271 e. The zero-order valence-electron chi connectivity index (χ0n) is 12.0. The predicted molar refractivity (Wildman–Crippen MR) is 79.3 cm³/mol. The molecule has 0 spiro atoms. The molecule has 2 atom stereocenters.